The van der Waals surface area contributed by atoms with Crippen molar-refractivity contribution in [1.29, 1.82) is 0 Å². The molecule has 1 N–H and O–H groups in total. The molecule has 2 aromatic carbocycles. The summed E-state index contributed by atoms with van der Waals surface area (Å²) >= 11 is 6.38. The molecule has 0 radical (unpaired) electrons. The van der Waals surface area contributed by atoms with Crippen LogP contribution in [0.2, 0.25) is 5.02 Å². The first-order chi connectivity index (χ1) is 19.7. The van der Waals surface area contributed by atoms with Crippen LogP contribution < -0.4 is 15.0 Å². The SMILES string of the molecule is CCCc1cc(Cl)ccc1C1COc2ccc(C(CC)C(=O)OC(C)(C)C)cc2N(CCCC/C=C/CNC=O)C1. The summed E-state index contributed by atoms with van der Waals surface area (Å²) in [7, 11) is 0. The van der Waals surface area contributed by atoms with Crippen LogP contribution in [0.3, 0.4) is 0 Å². The standard InChI is InChI=1S/C34H47ClN2O4/c1-6-13-25-20-28(35)15-16-30(25)27-22-37(19-12-10-8-9-11-18-36-24-38)31-21-26(14-17-32(31)40-23-27)29(7-2)33(39)41-34(3,4)5/h9,11,14-17,20-21,24,27,29H,6-8,10,12-13,18-19,22-23H2,1-5H3,(H,36,38)/b11-9+. The van der Waals surface area contributed by atoms with Crippen molar-refractivity contribution in [3.8, 4) is 5.75 Å². The number of carbonyl (C=O) groups excluding carboxylic acids is 2. The number of rotatable bonds is 14. The summed E-state index contributed by atoms with van der Waals surface area (Å²) in [6.45, 7) is 12.8. The van der Waals surface area contributed by atoms with Crippen molar-refractivity contribution in [2.24, 2.45) is 0 Å². The zero-order valence-corrected chi connectivity index (χ0v) is 26.1. The molecule has 1 amide bonds. The number of allylic oxidation sites excluding steroid dienone is 1. The number of unbranched alkanes of at least 4 members (excludes halogenated alkanes) is 2. The Hall–Kier alpha value is -2.99. The summed E-state index contributed by atoms with van der Waals surface area (Å²) in [5.41, 5.74) is 4.02. The number of benzene rings is 2. The van der Waals surface area contributed by atoms with Crippen LogP contribution in [-0.2, 0) is 20.7 Å². The minimum absolute atomic E-state index is 0.187. The van der Waals surface area contributed by atoms with Crippen molar-refractivity contribution in [3.63, 3.8) is 0 Å². The molecule has 0 bridgehead atoms. The van der Waals surface area contributed by atoms with Gasteiger partial charge in [-0.3, -0.25) is 9.59 Å². The highest BCUT2D eigenvalue weighted by Crippen LogP contribution is 2.39. The lowest BCUT2D eigenvalue weighted by Gasteiger charge is -2.29. The van der Waals surface area contributed by atoms with E-state index in [1.54, 1.807) is 0 Å². The van der Waals surface area contributed by atoms with Gasteiger partial charge in [0.15, 0.2) is 0 Å². The molecule has 2 unspecified atom stereocenters. The van der Waals surface area contributed by atoms with Crippen molar-refractivity contribution < 1.29 is 19.1 Å². The van der Waals surface area contributed by atoms with Gasteiger partial charge in [-0.1, -0.05) is 56.2 Å². The highest BCUT2D eigenvalue weighted by molar-refractivity contribution is 6.30. The topological polar surface area (TPSA) is 67.9 Å². The molecule has 1 aliphatic heterocycles. The van der Waals surface area contributed by atoms with Gasteiger partial charge >= 0.3 is 5.97 Å². The molecule has 3 rings (SSSR count). The van der Waals surface area contributed by atoms with Gasteiger partial charge in [-0.2, -0.15) is 0 Å². The zero-order chi connectivity index (χ0) is 29.8. The predicted octanol–water partition coefficient (Wildman–Crippen LogP) is 7.58. The lowest BCUT2D eigenvalue weighted by Crippen LogP contribution is -2.30. The summed E-state index contributed by atoms with van der Waals surface area (Å²) in [5, 5.41) is 3.42. The third-order valence-electron chi connectivity index (χ3n) is 7.31. The Morgan fingerprint density at radius 2 is 1.98 bits per heavy atom. The number of hydrogen-bond donors (Lipinski definition) is 1. The van der Waals surface area contributed by atoms with Crippen LogP contribution in [0.5, 0.6) is 5.75 Å². The lowest BCUT2D eigenvalue weighted by molar-refractivity contribution is -0.156. The third-order valence-corrected chi connectivity index (χ3v) is 7.54. The van der Waals surface area contributed by atoms with E-state index >= 15 is 0 Å². The number of halogens is 1. The number of amides is 1. The molecule has 2 atom stereocenters. The molecule has 0 spiro atoms. The van der Waals surface area contributed by atoms with E-state index in [4.69, 9.17) is 21.1 Å². The van der Waals surface area contributed by atoms with Gasteiger partial charge in [0.2, 0.25) is 6.41 Å². The van der Waals surface area contributed by atoms with Crippen molar-refractivity contribution in [3.05, 3.63) is 70.3 Å². The number of aryl methyl sites for hydroxylation is 1. The van der Waals surface area contributed by atoms with E-state index in [1.165, 1.54) is 11.1 Å². The van der Waals surface area contributed by atoms with Crippen molar-refractivity contribution in [2.45, 2.75) is 90.6 Å². The van der Waals surface area contributed by atoms with E-state index in [1.807, 2.05) is 52.0 Å². The van der Waals surface area contributed by atoms with E-state index in [0.29, 0.717) is 26.0 Å². The number of fused-ring (bicyclic) bond motifs is 1. The fraction of sp³-hybridized carbons (Fsp3) is 0.529. The Morgan fingerprint density at radius 1 is 1.17 bits per heavy atom. The molecule has 6 nitrogen and oxygen atoms in total. The Morgan fingerprint density at radius 3 is 2.68 bits per heavy atom. The maximum absolute atomic E-state index is 13.1. The second-order valence-electron chi connectivity index (χ2n) is 11.8. The fourth-order valence-electron chi connectivity index (χ4n) is 5.38. The number of carbonyl (C=O) groups is 2. The average molecular weight is 583 g/mol. The highest BCUT2D eigenvalue weighted by atomic mass is 35.5. The third kappa shape index (κ3) is 9.81. The van der Waals surface area contributed by atoms with Crippen LogP contribution >= 0.6 is 11.6 Å². The number of anilines is 1. The van der Waals surface area contributed by atoms with Gasteiger partial charge in [-0.25, -0.2) is 0 Å². The normalized spacial score (nSPS) is 16.0. The molecule has 1 heterocycles. The molecule has 0 aliphatic carbocycles. The van der Waals surface area contributed by atoms with Crippen molar-refractivity contribution in [2.75, 3.05) is 31.1 Å². The first kappa shape index (κ1) is 32.5. The Bertz CT molecular complexity index is 1170. The molecule has 1 aliphatic rings. The first-order valence-corrected chi connectivity index (χ1v) is 15.4. The molecule has 7 heteroatoms. The monoisotopic (exact) mass is 582 g/mol. The molecule has 0 aromatic heterocycles. The van der Waals surface area contributed by atoms with Crippen LogP contribution in [0, 0.1) is 0 Å². The van der Waals surface area contributed by atoms with E-state index in [2.05, 4.69) is 41.4 Å². The van der Waals surface area contributed by atoms with Gasteiger partial charge in [0.25, 0.3) is 0 Å². The van der Waals surface area contributed by atoms with Crippen LogP contribution in [0.1, 0.15) is 95.2 Å². The van der Waals surface area contributed by atoms with Gasteiger partial charge in [0.1, 0.15) is 11.4 Å². The second-order valence-corrected chi connectivity index (χ2v) is 12.2. The number of ether oxygens (including phenoxy) is 2. The van der Waals surface area contributed by atoms with E-state index < -0.39 is 5.60 Å². The largest absolute Gasteiger partial charge is 0.491 e. The smallest absolute Gasteiger partial charge is 0.313 e. The molecular weight excluding hydrogens is 536 g/mol. The molecule has 0 saturated heterocycles. The number of nitrogens with zero attached hydrogens (tertiary/aromatic N) is 1. The van der Waals surface area contributed by atoms with Gasteiger partial charge in [-0.15, -0.1) is 0 Å². The van der Waals surface area contributed by atoms with Crippen molar-refractivity contribution in [1.82, 2.24) is 5.32 Å². The molecule has 41 heavy (non-hydrogen) atoms. The van der Waals surface area contributed by atoms with Crippen LogP contribution in [-0.4, -0.2) is 44.2 Å². The van der Waals surface area contributed by atoms with Gasteiger partial charge in [-0.05, 0) is 93.8 Å². The summed E-state index contributed by atoms with van der Waals surface area (Å²) in [5.74, 6) is 0.506. The van der Waals surface area contributed by atoms with Crippen LogP contribution in [0.15, 0.2) is 48.6 Å². The summed E-state index contributed by atoms with van der Waals surface area (Å²) < 4.78 is 12.2. The minimum atomic E-state index is -0.537. The number of esters is 1. The highest BCUT2D eigenvalue weighted by Gasteiger charge is 2.29. The molecular formula is C34H47ClN2O4. The Kier molecular flexibility index (Phi) is 12.6. The van der Waals surface area contributed by atoms with Crippen molar-refractivity contribution >= 4 is 29.7 Å². The minimum Gasteiger partial charge on any atom is -0.491 e. The number of nitrogens with one attached hydrogen (secondary N) is 1. The quantitative estimate of drug-likeness (QED) is 0.108. The summed E-state index contributed by atoms with van der Waals surface area (Å²) in [6, 6.07) is 12.4. The van der Waals surface area contributed by atoms with E-state index in [-0.39, 0.29) is 17.8 Å². The van der Waals surface area contributed by atoms with E-state index in [0.717, 1.165) is 67.2 Å². The van der Waals surface area contributed by atoms with Crippen LogP contribution in [0.4, 0.5) is 5.69 Å². The van der Waals surface area contributed by atoms with Gasteiger partial charge in [0.05, 0.1) is 18.2 Å². The average Bonchev–Trinajstić information content (AvgIpc) is 3.09. The Labute approximate surface area is 251 Å². The molecule has 2 aromatic rings. The molecule has 0 saturated carbocycles. The fourth-order valence-corrected chi connectivity index (χ4v) is 5.57. The maximum atomic E-state index is 13.1. The van der Waals surface area contributed by atoms with Crippen LogP contribution in [0.25, 0.3) is 0 Å². The van der Waals surface area contributed by atoms with Gasteiger partial charge in [0, 0.05) is 30.6 Å². The lowest BCUT2D eigenvalue weighted by atomic mass is 9.92. The predicted molar refractivity (Wildman–Crippen MR) is 168 cm³/mol. The maximum Gasteiger partial charge on any atom is 0.313 e. The van der Waals surface area contributed by atoms with E-state index in [9.17, 15) is 9.59 Å². The van der Waals surface area contributed by atoms with Gasteiger partial charge < -0.3 is 19.7 Å². The molecule has 224 valence electrons. The second kappa shape index (κ2) is 15.9. The molecule has 0 fully saturated rings. The first-order valence-electron chi connectivity index (χ1n) is 15.0. The summed E-state index contributed by atoms with van der Waals surface area (Å²) in [4.78, 5) is 26.0. The summed E-state index contributed by atoms with van der Waals surface area (Å²) in [6.07, 6.45) is 10.5. The number of hydrogen-bond acceptors (Lipinski definition) is 5. The Balaban J connectivity index is 1.89. The zero-order valence-electron chi connectivity index (χ0n) is 25.4.